The Morgan fingerprint density at radius 2 is 2.11 bits per heavy atom. The molecule has 0 spiro atoms. The quantitative estimate of drug-likeness (QED) is 0.830. The first-order valence-corrected chi connectivity index (χ1v) is 7.71. The Kier molecular flexibility index (Phi) is 5.22. The molecule has 1 saturated carbocycles. The first-order chi connectivity index (χ1) is 9.13. The van der Waals surface area contributed by atoms with E-state index in [0.717, 1.165) is 64.8 Å². The van der Waals surface area contributed by atoms with Crippen molar-refractivity contribution in [1.82, 2.24) is 4.90 Å². The topological polar surface area (TPSA) is 49.8 Å². The maximum absolute atomic E-state index is 12.3. The molecule has 1 heterocycles. The van der Waals surface area contributed by atoms with Gasteiger partial charge in [-0.25, -0.2) is 0 Å². The second-order valence-corrected chi connectivity index (χ2v) is 6.12. The number of ether oxygens (including phenoxy) is 1. The van der Waals surface area contributed by atoms with Gasteiger partial charge in [-0.15, -0.1) is 0 Å². The smallest absolute Gasteiger partial charge is 0.225 e. The van der Waals surface area contributed by atoms with Crippen molar-refractivity contribution in [2.24, 2.45) is 5.92 Å². The van der Waals surface area contributed by atoms with E-state index in [2.05, 4.69) is 0 Å². The van der Waals surface area contributed by atoms with Crippen LogP contribution in [0.1, 0.15) is 51.9 Å². The molecule has 0 aromatic heterocycles. The summed E-state index contributed by atoms with van der Waals surface area (Å²) in [6, 6.07) is 0. The van der Waals surface area contributed by atoms with Gasteiger partial charge in [0.1, 0.15) is 0 Å². The SMILES string of the molecule is CCOCC1CCCN(C(=O)CC2(O)CCCC2)C1. The summed E-state index contributed by atoms with van der Waals surface area (Å²) in [4.78, 5) is 14.2. The highest BCUT2D eigenvalue weighted by atomic mass is 16.5. The van der Waals surface area contributed by atoms with E-state index in [4.69, 9.17) is 4.74 Å². The maximum Gasteiger partial charge on any atom is 0.225 e. The Labute approximate surface area is 116 Å². The number of carbonyl (C=O) groups excluding carboxylic acids is 1. The lowest BCUT2D eigenvalue weighted by Gasteiger charge is -2.34. The van der Waals surface area contributed by atoms with E-state index >= 15 is 0 Å². The number of piperidine rings is 1. The molecule has 19 heavy (non-hydrogen) atoms. The van der Waals surface area contributed by atoms with E-state index in [1.807, 2.05) is 11.8 Å². The van der Waals surface area contributed by atoms with E-state index in [0.29, 0.717) is 12.3 Å². The summed E-state index contributed by atoms with van der Waals surface area (Å²) < 4.78 is 5.47. The molecule has 1 saturated heterocycles. The molecule has 1 unspecified atom stereocenters. The Balaban J connectivity index is 1.81. The van der Waals surface area contributed by atoms with Crippen molar-refractivity contribution in [3.63, 3.8) is 0 Å². The van der Waals surface area contributed by atoms with Gasteiger partial charge in [0.2, 0.25) is 5.91 Å². The van der Waals surface area contributed by atoms with Gasteiger partial charge in [-0.2, -0.15) is 0 Å². The molecule has 1 aliphatic carbocycles. The van der Waals surface area contributed by atoms with Gasteiger partial charge >= 0.3 is 0 Å². The van der Waals surface area contributed by atoms with Crippen molar-refractivity contribution in [2.75, 3.05) is 26.3 Å². The summed E-state index contributed by atoms with van der Waals surface area (Å²) in [5, 5.41) is 10.3. The highest BCUT2D eigenvalue weighted by Crippen LogP contribution is 2.33. The monoisotopic (exact) mass is 269 g/mol. The van der Waals surface area contributed by atoms with Crippen LogP contribution in [0.25, 0.3) is 0 Å². The Morgan fingerprint density at radius 3 is 2.79 bits per heavy atom. The average Bonchev–Trinajstić information content (AvgIpc) is 2.83. The molecule has 0 bridgehead atoms. The molecule has 1 N–H and O–H groups in total. The van der Waals surface area contributed by atoms with Crippen LogP contribution in [0.15, 0.2) is 0 Å². The fourth-order valence-electron chi connectivity index (χ4n) is 3.32. The summed E-state index contributed by atoms with van der Waals surface area (Å²) >= 11 is 0. The van der Waals surface area contributed by atoms with Crippen molar-refractivity contribution in [3.8, 4) is 0 Å². The van der Waals surface area contributed by atoms with Crippen molar-refractivity contribution >= 4 is 5.91 Å². The van der Waals surface area contributed by atoms with E-state index in [9.17, 15) is 9.90 Å². The highest BCUT2D eigenvalue weighted by molar-refractivity contribution is 5.77. The summed E-state index contributed by atoms with van der Waals surface area (Å²) in [7, 11) is 0. The van der Waals surface area contributed by atoms with Crippen LogP contribution in [0.2, 0.25) is 0 Å². The number of rotatable bonds is 5. The van der Waals surface area contributed by atoms with Gasteiger partial charge in [-0.05, 0) is 38.5 Å². The van der Waals surface area contributed by atoms with E-state index in [1.54, 1.807) is 0 Å². The third-order valence-electron chi connectivity index (χ3n) is 4.44. The van der Waals surface area contributed by atoms with Crippen LogP contribution < -0.4 is 0 Å². The Bertz CT molecular complexity index is 300. The molecular formula is C15H27NO3. The third kappa shape index (κ3) is 4.18. The second kappa shape index (κ2) is 6.71. The van der Waals surface area contributed by atoms with Crippen LogP contribution in [-0.4, -0.2) is 47.8 Å². The molecule has 2 rings (SSSR count). The van der Waals surface area contributed by atoms with Gasteiger partial charge in [0.25, 0.3) is 0 Å². The highest BCUT2D eigenvalue weighted by Gasteiger charge is 2.35. The molecular weight excluding hydrogens is 242 g/mol. The van der Waals surface area contributed by atoms with Gasteiger partial charge in [-0.1, -0.05) is 12.8 Å². The van der Waals surface area contributed by atoms with Crippen molar-refractivity contribution in [1.29, 1.82) is 0 Å². The number of hydrogen-bond acceptors (Lipinski definition) is 3. The molecule has 4 nitrogen and oxygen atoms in total. The average molecular weight is 269 g/mol. The van der Waals surface area contributed by atoms with Crippen molar-refractivity contribution in [2.45, 2.75) is 57.5 Å². The number of hydrogen-bond donors (Lipinski definition) is 1. The molecule has 1 aliphatic heterocycles. The second-order valence-electron chi connectivity index (χ2n) is 6.12. The lowest BCUT2D eigenvalue weighted by molar-refractivity contribution is -0.138. The minimum Gasteiger partial charge on any atom is -0.389 e. The van der Waals surface area contributed by atoms with Crippen LogP contribution >= 0.6 is 0 Å². The first-order valence-electron chi connectivity index (χ1n) is 7.71. The summed E-state index contributed by atoms with van der Waals surface area (Å²) in [6.07, 6.45) is 6.20. The molecule has 1 amide bonds. The number of carbonyl (C=O) groups is 1. The van der Waals surface area contributed by atoms with E-state index in [-0.39, 0.29) is 5.91 Å². The fraction of sp³-hybridized carbons (Fsp3) is 0.933. The van der Waals surface area contributed by atoms with Gasteiger partial charge in [-0.3, -0.25) is 4.79 Å². The van der Waals surface area contributed by atoms with Crippen LogP contribution in [0.5, 0.6) is 0 Å². The van der Waals surface area contributed by atoms with Gasteiger partial charge in [0, 0.05) is 19.7 Å². The van der Waals surface area contributed by atoms with Gasteiger partial charge in [0.05, 0.1) is 18.6 Å². The molecule has 4 heteroatoms. The zero-order chi connectivity index (χ0) is 13.7. The predicted octanol–water partition coefficient (Wildman–Crippen LogP) is 1.96. The van der Waals surface area contributed by atoms with Crippen molar-refractivity contribution in [3.05, 3.63) is 0 Å². The van der Waals surface area contributed by atoms with E-state index in [1.165, 1.54) is 0 Å². The van der Waals surface area contributed by atoms with Crippen LogP contribution in [0.4, 0.5) is 0 Å². The summed E-state index contributed by atoms with van der Waals surface area (Å²) in [6.45, 7) is 5.14. The zero-order valence-electron chi connectivity index (χ0n) is 12.1. The molecule has 2 aliphatic rings. The third-order valence-corrected chi connectivity index (χ3v) is 4.44. The minimum absolute atomic E-state index is 0.130. The zero-order valence-corrected chi connectivity index (χ0v) is 12.1. The summed E-state index contributed by atoms with van der Waals surface area (Å²) in [5.41, 5.74) is -0.718. The van der Waals surface area contributed by atoms with Crippen molar-refractivity contribution < 1.29 is 14.6 Å². The number of aliphatic hydroxyl groups is 1. The number of amides is 1. The standard InChI is InChI=1S/C15H27NO3/c1-2-19-12-13-6-5-9-16(11-13)14(17)10-15(18)7-3-4-8-15/h13,18H,2-12H2,1H3. The minimum atomic E-state index is -0.718. The largest absolute Gasteiger partial charge is 0.389 e. The summed E-state index contributed by atoms with van der Waals surface area (Å²) in [5.74, 6) is 0.599. The number of nitrogens with zero attached hydrogens (tertiary/aromatic N) is 1. The van der Waals surface area contributed by atoms with Crippen LogP contribution in [0.3, 0.4) is 0 Å². The molecule has 1 atom stereocenters. The normalized spacial score (nSPS) is 26.6. The van der Waals surface area contributed by atoms with Crippen LogP contribution in [-0.2, 0) is 9.53 Å². The lowest BCUT2D eigenvalue weighted by Crippen LogP contribution is -2.44. The Morgan fingerprint density at radius 1 is 1.37 bits per heavy atom. The molecule has 110 valence electrons. The molecule has 2 fully saturated rings. The predicted molar refractivity (Wildman–Crippen MR) is 73.8 cm³/mol. The van der Waals surface area contributed by atoms with Crippen LogP contribution in [0, 0.1) is 5.92 Å². The lowest BCUT2D eigenvalue weighted by atomic mass is 9.94. The van der Waals surface area contributed by atoms with Gasteiger partial charge in [0.15, 0.2) is 0 Å². The molecule has 0 aromatic carbocycles. The fourth-order valence-corrected chi connectivity index (χ4v) is 3.32. The Hall–Kier alpha value is -0.610. The molecule has 0 aromatic rings. The van der Waals surface area contributed by atoms with E-state index < -0.39 is 5.60 Å². The molecule has 0 radical (unpaired) electrons. The van der Waals surface area contributed by atoms with Gasteiger partial charge < -0.3 is 14.7 Å². The number of likely N-dealkylation sites (tertiary alicyclic amines) is 1. The maximum atomic E-state index is 12.3. The first kappa shape index (κ1) is 14.8.